The summed E-state index contributed by atoms with van der Waals surface area (Å²) in [5, 5.41) is 6.21. The van der Waals surface area contributed by atoms with Crippen LogP contribution in [0.25, 0.3) is 0 Å². The number of aromatic nitrogens is 2. The van der Waals surface area contributed by atoms with Gasteiger partial charge in [-0.3, -0.25) is 15.1 Å². The molecule has 0 atom stereocenters. The van der Waals surface area contributed by atoms with E-state index in [2.05, 4.69) is 15.5 Å². The standard InChI is InChI=1S/C11H12N4O2/c1-6-3-9(12)8(5-13-6)11(16)14-10-4-7(2)15-17-10/h3-5H,1-2H3,(H2,12,13)(H,14,16). The maximum absolute atomic E-state index is 11.8. The van der Waals surface area contributed by atoms with Crippen molar-refractivity contribution in [2.24, 2.45) is 0 Å². The highest BCUT2D eigenvalue weighted by atomic mass is 16.5. The van der Waals surface area contributed by atoms with E-state index >= 15 is 0 Å². The molecule has 6 nitrogen and oxygen atoms in total. The summed E-state index contributed by atoms with van der Waals surface area (Å²) >= 11 is 0. The molecule has 3 N–H and O–H groups in total. The average Bonchev–Trinajstić information content (AvgIpc) is 2.63. The maximum atomic E-state index is 11.8. The van der Waals surface area contributed by atoms with Crippen molar-refractivity contribution in [3.63, 3.8) is 0 Å². The number of nitrogens with two attached hydrogens (primary N) is 1. The van der Waals surface area contributed by atoms with Crippen LogP contribution < -0.4 is 11.1 Å². The first kappa shape index (κ1) is 11.1. The van der Waals surface area contributed by atoms with E-state index in [1.54, 1.807) is 26.0 Å². The number of aryl methyl sites for hydroxylation is 2. The quantitative estimate of drug-likeness (QED) is 0.818. The van der Waals surface area contributed by atoms with Crippen LogP contribution in [0.1, 0.15) is 21.7 Å². The highest BCUT2D eigenvalue weighted by Crippen LogP contribution is 2.15. The molecular formula is C11H12N4O2. The van der Waals surface area contributed by atoms with Crippen molar-refractivity contribution >= 4 is 17.5 Å². The van der Waals surface area contributed by atoms with Crippen LogP contribution in [-0.2, 0) is 0 Å². The second-order valence-corrected chi connectivity index (χ2v) is 3.70. The lowest BCUT2D eigenvalue weighted by molar-refractivity contribution is 0.102. The monoisotopic (exact) mass is 232 g/mol. The number of carbonyl (C=O) groups is 1. The SMILES string of the molecule is Cc1cc(N)c(C(=O)Nc2cc(C)no2)cn1. The van der Waals surface area contributed by atoms with Crippen LogP contribution in [0, 0.1) is 13.8 Å². The minimum Gasteiger partial charge on any atom is -0.398 e. The molecule has 0 aliphatic carbocycles. The van der Waals surface area contributed by atoms with Gasteiger partial charge in [0.2, 0.25) is 5.88 Å². The van der Waals surface area contributed by atoms with E-state index in [4.69, 9.17) is 10.3 Å². The summed E-state index contributed by atoms with van der Waals surface area (Å²) in [6.07, 6.45) is 1.43. The number of hydrogen-bond acceptors (Lipinski definition) is 5. The van der Waals surface area contributed by atoms with Crippen molar-refractivity contribution in [3.05, 3.63) is 35.3 Å². The molecule has 1 amide bonds. The number of anilines is 2. The molecule has 0 saturated heterocycles. The van der Waals surface area contributed by atoms with Gasteiger partial charge in [0.05, 0.1) is 11.3 Å². The van der Waals surface area contributed by atoms with Crippen LogP contribution in [0.2, 0.25) is 0 Å². The fourth-order valence-electron chi connectivity index (χ4n) is 1.37. The fraction of sp³-hybridized carbons (Fsp3) is 0.182. The molecule has 88 valence electrons. The Balaban J connectivity index is 2.20. The molecule has 6 heteroatoms. The van der Waals surface area contributed by atoms with Gasteiger partial charge in [-0.25, -0.2) is 0 Å². The van der Waals surface area contributed by atoms with Crippen LogP contribution in [-0.4, -0.2) is 16.0 Å². The third kappa shape index (κ3) is 2.41. The van der Waals surface area contributed by atoms with E-state index < -0.39 is 0 Å². The highest BCUT2D eigenvalue weighted by Gasteiger charge is 2.12. The summed E-state index contributed by atoms with van der Waals surface area (Å²) in [7, 11) is 0. The molecule has 2 rings (SSSR count). The van der Waals surface area contributed by atoms with Crippen LogP contribution >= 0.6 is 0 Å². The minimum atomic E-state index is -0.369. The van der Waals surface area contributed by atoms with Crippen molar-refractivity contribution in [1.29, 1.82) is 0 Å². The van der Waals surface area contributed by atoms with Gasteiger partial charge >= 0.3 is 0 Å². The molecule has 0 aromatic carbocycles. The second-order valence-electron chi connectivity index (χ2n) is 3.70. The van der Waals surface area contributed by atoms with Gasteiger partial charge in [0.25, 0.3) is 5.91 Å². The molecule has 2 aromatic rings. The molecule has 17 heavy (non-hydrogen) atoms. The topological polar surface area (TPSA) is 94.0 Å². The lowest BCUT2D eigenvalue weighted by atomic mass is 10.2. The third-order valence-electron chi connectivity index (χ3n) is 2.18. The number of rotatable bonds is 2. The summed E-state index contributed by atoms with van der Waals surface area (Å²) in [5.74, 6) is -0.0846. The second kappa shape index (κ2) is 4.25. The van der Waals surface area contributed by atoms with Crippen molar-refractivity contribution in [3.8, 4) is 0 Å². The van der Waals surface area contributed by atoms with Crippen molar-refractivity contribution in [2.75, 3.05) is 11.1 Å². The fourth-order valence-corrected chi connectivity index (χ4v) is 1.37. The molecule has 0 radical (unpaired) electrons. The highest BCUT2D eigenvalue weighted by molar-refractivity contribution is 6.06. The first-order chi connectivity index (χ1) is 8.06. The Morgan fingerprint density at radius 1 is 1.35 bits per heavy atom. The van der Waals surface area contributed by atoms with Crippen molar-refractivity contribution in [1.82, 2.24) is 10.1 Å². The third-order valence-corrected chi connectivity index (χ3v) is 2.18. The number of carbonyl (C=O) groups excluding carboxylic acids is 1. The molecule has 2 heterocycles. The number of nitrogens with one attached hydrogen (secondary N) is 1. The van der Waals surface area contributed by atoms with Crippen molar-refractivity contribution in [2.45, 2.75) is 13.8 Å². The largest absolute Gasteiger partial charge is 0.398 e. The zero-order chi connectivity index (χ0) is 12.4. The molecule has 0 saturated carbocycles. The molecule has 0 aliphatic heterocycles. The van der Waals surface area contributed by atoms with Gasteiger partial charge in [0, 0.05) is 23.6 Å². The number of amides is 1. The van der Waals surface area contributed by atoms with Crippen LogP contribution in [0.15, 0.2) is 22.9 Å². The summed E-state index contributed by atoms with van der Waals surface area (Å²) in [6.45, 7) is 3.57. The predicted octanol–water partition coefficient (Wildman–Crippen LogP) is 1.52. The Bertz CT molecular complexity index is 562. The maximum Gasteiger partial charge on any atom is 0.261 e. The van der Waals surface area contributed by atoms with E-state index in [1.165, 1.54) is 6.20 Å². The first-order valence-electron chi connectivity index (χ1n) is 5.03. The lowest BCUT2D eigenvalue weighted by Crippen LogP contribution is -2.14. The Hall–Kier alpha value is -2.37. The zero-order valence-electron chi connectivity index (χ0n) is 9.52. The zero-order valence-corrected chi connectivity index (χ0v) is 9.52. The molecule has 0 spiro atoms. The van der Waals surface area contributed by atoms with Crippen LogP contribution in [0.5, 0.6) is 0 Å². The minimum absolute atomic E-state index is 0.285. The van der Waals surface area contributed by atoms with Crippen LogP contribution in [0.4, 0.5) is 11.6 Å². The average molecular weight is 232 g/mol. The number of pyridine rings is 1. The number of nitrogen functional groups attached to an aromatic ring is 1. The van der Waals surface area contributed by atoms with Gasteiger partial charge in [-0.1, -0.05) is 5.16 Å². The van der Waals surface area contributed by atoms with Gasteiger partial charge < -0.3 is 10.3 Å². The Labute approximate surface area is 97.8 Å². The molecule has 0 aliphatic rings. The Morgan fingerprint density at radius 2 is 2.12 bits per heavy atom. The number of hydrogen-bond donors (Lipinski definition) is 2. The predicted molar refractivity (Wildman–Crippen MR) is 62.6 cm³/mol. The summed E-state index contributed by atoms with van der Waals surface area (Å²) in [4.78, 5) is 15.9. The molecule has 0 fully saturated rings. The molecular weight excluding hydrogens is 220 g/mol. The van der Waals surface area contributed by atoms with Crippen LogP contribution in [0.3, 0.4) is 0 Å². The van der Waals surface area contributed by atoms with Gasteiger partial charge in [-0.05, 0) is 19.9 Å². The van der Waals surface area contributed by atoms with E-state index in [9.17, 15) is 4.79 Å². The lowest BCUT2D eigenvalue weighted by Gasteiger charge is -2.04. The van der Waals surface area contributed by atoms with Gasteiger partial charge in [0.1, 0.15) is 0 Å². The van der Waals surface area contributed by atoms with Gasteiger partial charge in [-0.15, -0.1) is 0 Å². The molecule has 2 aromatic heterocycles. The molecule has 0 unspecified atom stereocenters. The summed E-state index contributed by atoms with van der Waals surface area (Å²) < 4.78 is 4.88. The normalized spacial score (nSPS) is 10.2. The van der Waals surface area contributed by atoms with Gasteiger partial charge in [-0.2, -0.15) is 0 Å². The summed E-state index contributed by atoms with van der Waals surface area (Å²) in [5.41, 5.74) is 7.87. The first-order valence-corrected chi connectivity index (χ1v) is 5.03. The number of nitrogens with zero attached hydrogens (tertiary/aromatic N) is 2. The van der Waals surface area contributed by atoms with E-state index in [-0.39, 0.29) is 11.8 Å². The summed E-state index contributed by atoms with van der Waals surface area (Å²) in [6, 6.07) is 3.26. The Kier molecular flexibility index (Phi) is 2.78. The van der Waals surface area contributed by atoms with E-state index in [0.29, 0.717) is 16.9 Å². The van der Waals surface area contributed by atoms with Crippen molar-refractivity contribution < 1.29 is 9.32 Å². The van der Waals surface area contributed by atoms with E-state index in [0.717, 1.165) is 5.69 Å². The van der Waals surface area contributed by atoms with Gasteiger partial charge in [0.15, 0.2) is 0 Å². The van der Waals surface area contributed by atoms with E-state index in [1.807, 2.05) is 0 Å². The Morgan fingerprint density at radius 3 is 2.71 bits per heavy atom. The smallest absolute Gasteiger partial charge is 0.261 e. The molecule has 0 bridgehead atoms.